The minimum atomic E-state index is -0.0375. The lowest BCUT2D eigenvalue weighted by atomic mass is 9.90. The molecule has 0 aliphatic rings. The minimum absolute atomic E-state index is 0.0375. The molecule has 1 unspecified atom stereocenters. The van der Waals surface area contributed by atoms with Gasteiger partial charge < -0.3 is 5.32 Å². The number of pyridine rings is 2. The molecule has 166 valence electrons. The number of anilines is 1. The Labute approximate surface area is 198 Å². The molecule has 33 heavy (non-hydrogen) atoms. The molecule has 0 radical (unpaired) electrons. The fourth-order valence-corrected chi connectivity index (χ4v) is 4.38. The van der Waals surface area contributed by atoms with E-state index in [1.807, 2.05) is 54.2 Å². The van der Waals surface area contributed by atoms with Gasteiger partial charge in [0.05, 0.1) is 11.3 Å². The monoisotopic (exact) mass is 456 g/mol. The quantitative estimate of drug-likeness (QED) is 0.366. The molecule has 0 spiro atoms. The SMILES string of the molecule is CCCNc1c(C(C)c2ccc(-c3ccncc3C#N)cc2Cl)c(-c2ccccn2)nn1C. The molecule has 0 aliphatic carbocycles. The minimum Gasteiger partial charge on any atom is -0.370 e. The predicted octanol–water partition coefficient (Wildman–Crippen LogP) is 6.04. The highest BCUT2D eigenvalue weighted by atomic mass is 35.5. The van der Waals surface area contributed by atoms with Crippen molar-refractivity contribution in [3.63, 3.8) is 0 Å². The van der Waals surface area contributed by atoms with Gasteiger partial charge in [-0.15, -0.1) is 0 Å². The first-order valence-electron chi connectivity index (χ1n) is 10.9. The first kappa shape index (κ1) is 22.5. The van der Waals surface area contributed by atoms with E-state index in [1.165, 1.54) is 0 Å². The van der Waals surface area contributed by atoms with Crippen molar-refractivity contribution in [3.05, 3.63) is 82.8 Å². The molecule has 0 amide bonds. The molecule has 0 bridgehead atoms. The number of halogens is 1. The molecule has 0 aliphatic heterocycles. The smallest absolute Gasteiger partial charge is 0.128 e. The maximum absolute atomic E-state index is 9.44. The van der Waals surface area contributed by atoms with Crippen LogP contribution in [0.2, 0.25) is 5.02 Å². The Balaban J connectivity index is 1.81. The van der Waals surface area contributed by atoms with Crippen LogP contribution in [0.25, 0.3) is 22.5 Å². The maximum Gasteiger partial charge on any atom is 0.128 e. The van der Waals surface area contributed by atoms with Crippen LogP contribution in [0.5, 0.6) is 0 Å². The summed E-state index contributed by atoms with van der Waals surface area (Å²) in [6.07, 6.45) is 6.03. The summed E-state index contributed by atoms with van der Waals surface area (Å²) in [4.78, 5) is 8.59. The zero-order chi connectivity index (χ0) is 23.4. The molecule has 6 nitrogen and oxygen atoms in total. The van der Waals surface area contributed by atoms with Crippen LogP contribution >= 0.6 is 11.6 Å². The molecule has 4 aromatic rings. The van der Waals surface area contributed by atoms with Crippen molar-refractivity contribution in [2.24, 2.45) is 7.05 Å². The molecule has 0 fully saturated rings. The Bertz CT molecular complexity index is 1310. The van der Waals surface area contributed by atoms with Gasteiger partial charge in [0.25, 0.3) is 0 Å². The van der Waals surface area contributed by atoms with Gasteiger partial charge in [-0.05, 0) is 41.8 Å². The Hall–Kier alpha value is -3.69. The van der Waals surface area contributed by atoms with Crippen molar-refractivity contribution in [2.75, 3.05) is 11.9 Å². The second-order valence-corrected chi connectivity index (χ2v) is 8.27. The Morgan fingerprint density at radius 1 is 1.18 bits per heavy atom. The maximum atomic E-state index is 9.44. The van der Waals surface area contributed by atoms with Crippen LogP contribution in [0.4, 0.5) is 5.82 Å². The lowest BCUT2D eigenvalue weighted by Crippen LogP contribution is -2.09. The molecule has 1 aromatic carbocycles. The fourth-order valence-electron chi connectivity index (χ4n) is 4.03. The number of hydrogen-bond donors (Lipinski definition) is 1. The second kappa shape index (κ2) is 9.85. The number of hydrogen-bond acceptors (Lipinski definition) is 5. The van der Waals surface area contributed by atoms with E-state index in [-0.39, 0.29) is 5.92 Å². The molecular formula is C26H25ClN6. The summed E-state index contributed by atoms with van der Waals surface area (Å²) in [5.41, 5.74) is 5.92. The van der Waals surface area contributed by atoms with E-state index in [1.54, 1.807) is 18.6 Å². The highest BCUT2D eigenvalue weighted by Crippen LogP contribution is 2.40. The zero-order valence-electron chi connectivity index (χ0n) is 18.9. The molecule has 0 saturated carbocycles. The van der Waals surface area contributed by atoms with Gasteiger partial charge in [0.2, 0.25) is 0 Å². The number of benzene rings is 1. The van der Waals surface area contributed by atoms with E-state index in [0.717, 1.165) is 52.4 Å². The molecule has 1 N–H and O–H groups in total. The molecular weight excluding hydrogens is 432 g/mol. The number of nitrogens with one attached hydrogen (secondary N) is 1. The van der Waals surface area contributed by atoms with E-state index in [9.17, 15) is 5.26 Å². The Kier molecular flexibility index (Phi) is 6.71. The van der Waals surface area contributed by atoms with Gasteiger partial charge in [-0.25, -0.2) is 0 Å². The fraction of sp³-hybridized carbons (Fsp3) is 0.231. The molecule has 3 aromatic heterocycles. The summed E-state index contributed by atoms with van der Waals surface area (Å²) in [6.45, 7) is 5.11. The Morgan fingerprint density at radius 2 is 2.03 bits per heavy atom. The van der Waals surface area contributed by atoms with E-state index < -0.39 is 0 Å². The van der Waals surface area contributed by atoms with Gasteiger partial charge in [0, 0.05) is 54.3 Å². The lowest BCUT2D eigenvalue weighted by Gasteiger charge is -2.18. The molecule has 1 atom stereocenters. The average molecular weight is 457 g/mol. The number of aromatic nitrogens is 4. The van der Waals surface area contributed by atoms with Crippen LogP contribution in [0.15, 0.2) is 61.1 Å². The summed E-state index contributed by atoms with van der Waals surface area (Å²) in [5.74, 6) is 0.926. The number of nitrogens with zero attached hydrogens (tertiary/aromatic N) is 5. The standard InChI is InChI=1S/C26H25ClN6/c1-4-11-31-26-24(25(32-33(26)3)23-7-5-6-12-30-23)17(2)20-9-8-18(14-22(20)27)21-10-13-29-16-19(21)15-28/h5-10,12-14,16-17,31H,4,11H2,1-3H3. The number of nitriles is 1. The molecule has 0 saturated heterocycles. The van der Waals surface area contributed by atoms with Crippen LogP contribution in [0.1, 0.15) is 42.9 Å². The summed E-state index contributed by atoms with van der Waals surface area (Å²) < 4.78 is 1.88. The highest BCUT2D eigenvalue weighted by Gasteiger charge is 2.25. The lowest BCUT2D eigenvalue weighted by molar-refractivity contribution is 0.766. The van der Waals surface area contributed by atoms with Crippen molar-refractivity contribution >= 4 is 17.4 Å². The average Bonchev–Trinajstić information content (AvgIpc) is 3.18. The topological polar surface area (TPSA) is 79.4 Å². The van der Waals surface area contributed by atoms with E-state index in [2.05, 4.69) is 35.2 Å². The van der Waals surface area contributed by atoms with Crippen LogP contribution in [0.3, 0.4) is 0 Å². The van der Waals surface area contributed by atoms with Crippen molar-refractivity contribution in [1.82, 2.24) is 19.7 Å². The van der Waals surface area contributed by atoms with Gasteiger partial charge in [0.15, 0.2) is 0 Å². The largest absolute Gasteiger partial charge is 0.370 e. The van der Waals surface area contributed by atoms with Crippen molar-refractivity contribution < 1.29 is 0 Å². The Morgan fingerprint density at radius 3 is 2.73 bits per heavy atom. The second-order valence-electron chi connectivity index (χ2n) is 7.87. The molecule has 7 heteroatoms. The molecule has 4 rings (SSSR count). The van der Waals surface area contributed by atoms with Crippen molar-refractivity contribution in [1.29, 1.82) is 5.26 Å². The summed E-state index contributed by atoms with van der Waals surface area (Å²) in [7, 11) is 1.94. The summed E-state index contributed by atoms with van der Waals surface area (Å²) in [5, 5.41) is 18.4. The normalized spacial score (nSPS) is 11.7. The van der Waals surface area contributed by atoms with Gasteiger partial charge >= 0.3 is 0 Å². The third-order valence-electron chi connectivity index (χ3n) is 5.69. The summed E-state index contributed by atoms with van der Waals surface area (Å²) in [6, 6.07) is 15.8. The van der Waals surface area contributed by atoms with E-state index >= 15 is 0 Å². The van der Waals surface area contributed by atoms with Crippen LogP contribution in [-0.4, -0.2) is 26.3 Å². The van der Waals surface area contributed by atoms with Crippen LogP contribution < -0.4 is 5.32 Å². The first-order valence-corrected chi connectivity index (χ1v) is 11.3. The van der Waals surface area contributed by atoms with Crippen LogP contribution in [-0.2, 0) is 7.05 Å². The first-order chi connectivity index (χ1) is 16.0. The van der Waals surface area contributed by atoms with Crippen molar-refractivity contribution in [2.45, 2.75) is 26.2 Å². The van der Waals surface area contributed by atoms with E-state index in [0.29, 0.717) is 10.6 Å². The zero-order valence-corrected chi connectivity index (χ0v) is 19.6. The van der Waals surface area contributed by atoms with Gasteiger partial charge in [-0.2, -0.15) is 10.4 Å². The van der Waals surface area contributed by atoms with Crippen LogP contribution in [0, 0.1) is 11.3 Å². The van der Waals surface area contributed by atoms with Gasteiger partial charge in [-0.3, -0.25) is 14.6 Å². The van der Waals surface area contributed by atoms with Gasteiger partial charge in [-0.1, -0.05) is 43.6 Å². The van der Waals surface area contributed by atoms with E-state index in [4.69, 9.17) is 16.7 Å². The number of rotatable bonds is 7. The third-order valence-corrected chi connectivity index (χ3v) is 6.01. The van der Waals surface area contributed by atoms with Gasteiger partial charge in [0.1, 0.15) is 17.6 Å². The number of aryl methyl sites for hydroxylation is 1. The molecule has 3 heterocycles. The predicted molar refractivity (Wildman–Crippen MR) is 132 cm³/mol. The third kappa shape index (κ3) is 4.46. The van der Waals surface area contributed by atoms with Crippen molar-refractivity contribution in [3.8, 4) is 28.6 Å². The summed E-state index contributed by atoms with van der Waals surface area (Å²) >= 11 is 6.82. The highest BCUT2D eigenvalue weighted by molar-refractivity contribution is 6.31.